The number of hydrogen-bond acceptors (Lipinski definition) is 3. The van der Waals surface area contributed by atoms with E-state index in [-0.39, 0.29) is 18.0 Å². The molecule has 1 atom stereocenters. The molecule has 0 aliphatic carbocycles. The number of benzene rings is 1. The quantitative estimate of drug-likeness (QED) is 0.841. The highest BCUT2D eigenvalue weighted by molar-refractivity contribution is 5.83. The zero-order valence-corrected chi connectivity index (χ0v) is 14.6. The molecule has 4 heteroatoms. The Labute approximate surface area is 140 Å². The summed E-state index contributed by atoms with van der Waals surface area (Å²) in [5.41, 5.74) is 7.09. The highest BCUT2D eigenvalue weighted by atomic mass is 16.2. The van der Waals surface area contributed by atoms with Gasteiger partial charge in [0.15, 0.2) is 0 Å². The number of nitrogens with two attached hydrogens (primary N) is 1. The first kappa shape index (κ1) is 18.0. The van der Waals surface area contributed by atoms with Crippen LogP contribution in [0.1, 0.15) is 51.1 Å². The predicted octanol–water partition coefficient (Wildman–Crippen LogP) is 2.80. The average molecular weight is 317 g/mol. The van der Waals surface area contributed by atoms with Crippen LogP contribution < -0.4 is 5.73 Å². The van der Waals surface area contributed by atoms with Gasteiger partial charge in [-0.25, -0.2) is 0 Å². The van der Waals surface area contributed by atoms with Crippen molar-refractivity contribution in [3.63, 3.8) is 0 Å². The van der Waals surface area contributed by atoms with Crippen LogP contribution in [0.15, 0.2) is 30.3 Å². The minimum atomic E-state index is -0.165. The number of hydrogen-bond donors (Lipinski definition) is 1. The summed E-state index contributed by atoms with van der Waals surface area (Å²) in [5.74, 6) is 0.237. The molecule has 0 aromatic heterocycles. The number of nitrogens with zero attached hydrogens (tertiary/aromatic N) is 2. The minimum absolute atomic E-state index is 0.165. The molecule has 1 aliphatic heterocycles. The van der Waals surface area contributed by atoms with E-state index in [2.05, 4.69) is 30.9 Å². The highest BCUT2D eigenvalue weighted by Crippen LogP contribution is 2.25. The SMILES string of the molecule is CCCCN(CC)C(C(=O)N1CCC(N)CC1)c1ccccc1. The maximum absolute atomic E-state index is 13.2. The fraction of sp³-hybridized carbons (Fsp3) is 0.632. The lowest BCUT2D eigenvalue weighted by atomic mass is 10.00. The number of carbonyl (C=O) groups excluding carboxylic acids is 1. The number of carbonyl (C=O) groups is 1. The van der Waals surface area contributed by atoms with Gasteiger partial charge in [-0.15, -0.1) is 0 Å². The number of amides is 1. The summed E-state index contributed by atoms with van der Waals surface area (Å²) in [6.45, 7) is 7.76. The maximum atomic E-state index is 13.2. The van der Waals surface area contributed by atoms with E-state index in [9.17, 15) is 4.79 Å². The van der Waals surface area contributed by atoms with Crippen molar-refractivity contribution in [2.75, 3.05) is 26.2 Å². The molecule has 1 saturated heterocycles. The van der Waals surface area contributed by atoms with Crippen LogP contribution in [0.3, 0.4) is 0 Å². The number of piperidine rings is 1. The Balaban J connectivity index is 2.20. The summed E-state index contributed by atoms with van der Waals surface area (Å²) in [6, 6.07) is 10.3. The molecule has 1 amide bonds. The topological polar surface area (TPSA) is 49.6 Å². The van der Waals surface area contributed by atoms with Gasteiger partial charge in [0.2, 0.25) is 5.91 Å². The third kappa shape index (κ3) is 4.79. The van der Waals surface area contributed by atoms with Crippen LogP contribution in [-0.2, 0) is 4.79 Å². The van der Waals surface area contributed by atoms with Gasteiger partial charge in [0.05, 0.1) is 0 Å². The van der Waals surface area contributed by atoms with Crippen molar-refractivity contribution in [3.05, 3.63) is 35.9 Å². The Kier molecular flexibility index (Phi) is 7.06. The van der Waals surface area contributed by atoms with Gasteiger partial charge in [-0.3, -0.25) is 9.69 Å². The van der Waals surface area contributed by atoms with Crippen molar-refractivity contribution in [1.29, 1.82) is 0 Å². The van der Waals surface area contributed by atoms with Crippen LogP contribution in [0.25, 0.3) is 0 Å². The second kappa shape index (κ2) is 9.04. The molecule has 0 bridgehead atoms. The third-order valence-electron chi connectivity index (χ3n) is 4.77. The summed E-state index contributed by atoms with van der Waals surface area (Å²) in [4.78, 5) is 17.5. The number of unbranched alkanes of at least 4 members (excludes halogenated alkanes) is 1. The Bertz CT molecular complexity index is 469. The molecule has 0 spiro atoms. The Morgan fingerprint density at radius 3 is 2.48 bits per heavy atom. The molecule has 1 fully saturated rings. The summed E-state index contributed by atoms with van der Waals surface area (Å²) in [6.07, 6.45) is 4.09. The van der Waals surface area contributed by atoms with E-state index in [4.69, 9.17) is 5.73 Å². The lowest BCUT2D eigenvalue weighted by Gasteiger charge is -2.37. The molecular formula is C19H31N3O. The molecule has 0 radical (unpaired) electrons. The highest BCUT2D eigenvalue weighted by Gasteiger charge is 2.31. The summed E-state index contributed by atoms with van der Waals surface area (Å²) >= 11 is 0. The van der Waals surface area contributed by atoms with Crippen LogP contribution in [0, 0.1) is 0 Å². The number of likely N-dealkylation sites (N-methyl/N-ethyl adjacent to an activating group) is 1. The molecule has 23 heavy (non-hydrogen) atoms. The molecule has 128 valence electrons. The Morgan fingerprint density at radius 2 is 1.91 bits per heavy atom. The zero-order valence-electron chi connectivity index (χ0n) is 14.6. The predicted molar refractivity (Wildman–Crippen MR) is 95.1 cm³/mol. The van der Waals surface area contributed by atoms with Gasteiger partial charge < -0.3 is 10.6 Å². The smallest absolute Gasteiger partial charge is 0.244 e. The van der Waals surface area contributed by atoms with Gasteiger partial charge in [-0.1, -0.05) is 50.6 Å². The van der Waals surface area contributed by atoms with Gasteiger partial charge in [0.25, 0.3) is 0 Å². The molecule has 1 aromatic rings. The Hall–Kier alpha value is -1.39. The van der Waals surface area contributed by atoms with E-state index in [1.54, 1.807) is 0 Å². The van der Waals surface area contributed by atoms with Crippen LogP contribution in [0.5, 0.6) is 0 Å². The van der Waals surface area contributed by atoms with Crippen LogP contribution >= 0.6 is 0 Å². The average Bonchev–Trinajstić information content (AvgIpc) is 2.59. The first-order valence-electron chi connectivity index (χ1n) is 9.00. The second-order valence-electron chi connectivity index (χ2n) is 6.46. The van der Waals surface area contributed by atoms with Crippen molar-refractivity contribution < 1.29 is 4.79 Å². The fourth-order valence-corrected chi connectivity index (χ4v) is 3.27. The maximum Gasteiger partial charge on any atom is 0.244 e. The minimum Gasteiger partial charge on any atom is -0.341 e. The largest absolute Gasteiger partial charge is 0.341 e. The van der Waals surface area contributed by atoms with E-state index in [0.29, 0.717) is 0 Å². The standard InChI is InChI=1S/C19H31N3O/c1-3-5-13-21(4-2)18(16-9-7-6-8-10-16)19(23)22-14-11-17(20)12-15-22/h6-10,17-18H,3-5,11-15,20H2,1-2H3. The third-order valence-corrected chi connectivity index (χ3v) is 4.77. The zero-order chi connectivity index (χ0) is 16.7. The van der Waals surface area contributed by atoms with Gasteiger partial charge in [0.1, 0.15) is 6.04 Å². The molecule has 1 aliphatic rings. The van der Waals surface area contributed by atoms with Gasteiger partial charge >= 0.3 is 0 Å². The van der Waals surface area contributed by atoms with Crippen molar-refractivity contribution in [1.82, 2.24) is 9.80 Å². The molecule has 1 heterocycles. The monoisotopic (exact) mass is 317 g/mol. The summed E-state index contributed by atoms with van der Waals surface area (Å²) < 4.78 is 0. The lowest BCUT2D eigenvalue weighted by molar-refractivity contribution is -0.138. The molecular weight excluding hydrogens is 286 g/mol. The molecule has 4 nitrogen and oxygen atoms in total. The van der Waals surface area contributed by atoms with Crippen LogP contribution in [0.2, 0.25) is 0 Å². The lowest BCUT2D eigenvalue weighted by Crippen LogP contribution is -2.48. The van der Waals surface area contributed by atoms with E-state index >= 15 is 0 Å². The van der Waals surface area contributed by atoms with E-state index in [1.165, 1.54) is 0 Å². The summed E-state index contributed by atoms with van der Waals surface area (Å²) in [5, 5.41) is 0. The van der Waals surface area contributed by atoms with Crippen molar-refractivity contribution in [2.24, 2.45) is 5.73 Å². The van der Waals surface area contributed by atoms with E-state index in [1.807, 2.05) is 23.1 Å². The molecule has 1 unspecified atom stereocenters. The second-order valence-corrected chi connectivity index (χ2v) is 6.46. The molecule has 1 aromatic carbocycles. The van der Waals surface area contributed by atoms with Gasteiger partial charge in [-0.2, -0.15) is 0 Å². The molecule has 2 N–H and O–H groups in total. The van der Waals surface area contributed by atoms with E-state index < -0.39 is 0 Å². The van der Waals surface area contributed by atoms with Crippen molar-refractivity contribution >= 4 is 5.91 Å². The fourth-order valence-electron chi connectivity index (χ4n) is 3.27. The first-order chi connectivity index (χ1) is 11.2. The number of likely N-dealkylation sites (tertiary alicyclic amines) is 1. The van der Waals surface area contributed by atoms with Crippen LogP contribution in [0.4, 0.5) is 0 Å². The Morgan fingerprint density at radius 1 is 1.26 bits per heavy atom. The van der Waals surface area contributed by atoms with Gasteiger partial charge in [0, 0.05) is 19.1 Å². The van der Waals surface area contributed by atoms with Crippen molar-refractivity contribution in [2.45, 2.75) is 51.6 Å². The van der Waals surface area contributed by atoms with E-state index in [0.717, 1.165) is 57.4 Å². The van der Waals surface area contributed by atoms with Gasteiger partial charge in [-0.05, 0) is 37.9 Å². The number of rotatable bonds is 7. The molecule has 0 saturated carbocycles. The first-order valence-corrected chi connectivity index (χ1v) is 9.00. The van der Waals surface area contributed by atoms with Crippen LogP contribution in [-0.4, -0.2) is 47.9 Å². The normalized spacial score (nSPS) is 17.5. The van der Waals surface area contributed by atoms with Crippen molar-refractivity contribution in [3.8, 4) is 0 Å². The summed E-state index contributed by atoms with van der Waals surface area (Å²) in [7, 11) is 0. The molecule has 2 rings (SSSR count).